The molecule has 0 radical (unpaired) electrons. The standard InChI is InChI=1S/C21H28F2O/c1-2-5-15-8-10-16(11-9-15)14-24-19-13-12-18(20(22)21(19)23)17-6-3-4-7-17/h6,12-13,15-16H,2-5,7-11,14H2,1H3. The molecule has 1 saturated carbocycles. The molecule has 0 saturated heterocycles. The minimum atomic E-state index is -0.833. The van der Waals surface area contributed by atoms with Crippen LogP contribution in [0.2, 0.25) is 0 Å². The zero-order chi connectivity index (χ0) is 16.9. The van der Waals surface area contributed by atoms with Crippen molar-refractivity contribution in [3.8, 4) is 5.75 Å². The summed E-state index contributed by atoms with van der Waals surface area (Å²) in [7, 11) is 0. The average molecular weight is 334 g/mol. The summed E-state index contributed by atoms with van der Waals surface area (Å²) in [6.07, 6.45) is 12.1. The number of halogens is 2. The van der Waals surface area contributed by atoms with Crippen LogP contribution >= 0.6 is 0 Å². The van der Waals surface area contributed by atoms with E-state index in [1.54, 1.807) is 12.1 Å². The van der Waals surface area contributed by atoms with Crippen LogP contribution in [0.5, 0.6) is 5.75 Å². The van der Waals surface area contributed by atoms with Gasteiger partial charge in [0.25, 0.3) is 0 Å². The monoisotopic (exact) mass is 334 g/mol. The summed E-state index contributed by atoms with van der Waals surface area (Å²) >= 11 is 0. The molecule has 0 aromatic heterocycles. The van der Waals surface area contributed by atoms with Gasteiger partial charge in [-0.3, -0.25) is 0 Å². The molecule has 2 aliphatic carbocycles. The number of hydrogen-bond acceptors (Lipinski definition) is 1. The molecular weight excluding hydrogens is 306 g/mol. The average Bonchev–Trinajstić information content (AvgIpc) is 3.12. The van der Waals surface area contributed by atoms with Gasteiger partial charge in [-0.15, -0.1) is 0 Å². The highest BCUT2D eigenvalue weighted by atomic mass is 19.2. The number of benzene rings is 1. The van der Waals surface area contributed by atoms with Crippen LogP contribution in [0.3, 0.4) is 0 Å². The van der Waals surface area contributed by atoms with Crippen LogP contribution in [0.4, 0.5) is 8.78 Å². The van der Waals surface area contributed by atoms with E-state index in [0.29, 0.717) is 18.1 Å². The van der Waals surface area contributed by atoms with E-state index in [1.807, 2.05) is 6.08 Å². The van der Waals surface area contributed by atoms with Crippen molar-refractivity contribution in [1.82, 2.24) is 0 Å². The van der Waals surface area contributed by atoms with Crippen LogP contribution in [0, 0.1) is 23.5 Å². The second kappa shape index (κ2) is 8.13. The van der Waals surface area contributed by atoms with Gasteiger partial charge in [0.15, 0.2) is 11.6 Å². The summed E-state index contributed by atoms with van der Waals surface area (Å²) in [6, 6.07) is 3.26. The van der Waals surface area contributed by atoms with Gasteiger partial charge < -0.3 is 4.74 Å². The molecule has 3 heteroatoms. The maximum absolute atomic E-state index is 14.3. The molecule has 0 N–H and O–H groups in total. The molecule has 0 spiro atoms. The van der Waals surface area contributed by atoms with Gasteiger partial charge in [-0.1, -0.05) is 38.7 Å². The van der Waals surface area contributed by atoms with Gasteiger partial charge in [0.2, 0.25) is 5.82 Å². The van der Waals surface area contributed by atoms with Crippen molar-refractivity contribution >= 4 is 5.57 Å². The second-order valence-electron chi connectivity index (χ2n) is 7.35. The quantitative estimate of drug-likeness (QED) is 0.575. The van der Waals surface area contributed by atoms with E-state index < -0.39 is 11.6 Å². The molecule has 1 aromatic rings. The number of ether oxygens (including phenoxy) is 1. The largest absolute Gasteiger partial charge is 0.490 e. The van der Waals surface area contributed by atoms with E-state index in [4.69, 9.17) is 4.74 Å². The molecule has 3 rings (SSSR count). The van der Waals surface area contributed by atoms with Gasteiger partial charge in [-0.05, 0) is 61.6 Å². The molecule has 0 amide bonds. The Bertz CT molecular complexity index is 586. The first-order chi connectivity index (χ1) is 11.7. The molecular formula is C21H28F2O. The summed E-state index contributed by atoms with van der Waals surface area (Å²) < 4.78 is 34.3. The first kappa shape index (κ1) is 17.4. The van der Waals surface area contributed by atoms with Gasteiger partial charge in [0.05, 0.1) is 6.61 Å². The van der Waals surface area contributed by atoms with Crippen molar-refractivity contribution in [2.24, 2.45) is 11.8 Å². The summed E-state index contributed by atoms with van der Waals surface area (Å²) in [5.74, 6) is -0.213. The predicted molar refractivity (Wildman–Crippen MR) is 94.0 cm³/mol. The topological polar surface area (TPSA) is 9.23 Å². The predicted octanol–water partition coefficient (Wildman–Crippen LogP) is 6.52. The molecule has 24 heavy (non-hydrogen) atoms. The summed E-state index contributed by atoms with van der Waals surface area (Å²) in [4.78, 5) is 0. The highest BCUT2D eigenvalue weighted by molar-refractivity contribution is 5.68. The Labute approximate surface area is 144 Å². The van der Waals surface area contributed by atoms with Crippen LogP contribution in [0.15, 0.2) is 18.2 Å². The maximum Gasteiger partial charge on any atom is 0.201 e. The number of rotatable bonds is 6. The first-order valence-electron chi connectivity index (χ1n) is 9.49. The van der Waals surface area contributed by atoms with Crippen molar-refractivity contribution in [3.05, 3.63) is 35.4 Å². The van der Waals surface area contributed by atoms with Crippen LogP contribution in [0.1, 0.15) is 70.3 Å². The van der Waals surface area contributed by atoms with E-state index in [1.165, 1.54) is 25.7 Å². The van der Waals surface area contributed by atoms with Gasteiger partial charge in [-0.2, -0.15) is 4.39 Å². The maximum atomic E-state index is 14.3. The van der Waals surface area contributed by atoms with Crippen molar-refractivity contribution in [2.75, 3.05) is 6.61 Å². The van der Waals surface area contributed by atoms with Crippen LogP contribution in [0.25, 0.3) is 5.57 Å². The van der Waals surface area contributed by atoms with Crippen molar-refractivity contribution in [2.45, 2.75) is 64.7 Å². The van der Waals surface area contributed by atoms with Crippen LogP contribution in [-0.4, -0.2) is 6.61 Å². The lowest BCUT2D eigenvalue weighted by Gasteiger charge is -2.28. The molecule has 1 nitrogen and oxygen atoms in total. The third-order valence-corrected chi connectivity index (χ3v) is 5.57. The number of allylic oxidation sites excluding steroid dienone is 2. The smallest absolute Gasteiger partial charge is 0.201 e. The van der Waals surface area contributed by atoms with Gasteiger partial charge in [0.1, 0.15) is 0 Å². The Hall–Kier alpha value is -1.38. The molecule has 1 aromatic carbocycles. The molecule has 0 aliphatic heterocycles. The lowest BCUT2D eigenvalue weighted by Crippen LogP contribution is -2.20. The zero-order valence-electron chi connectivity index (χ0n) is 14.6. The molecule has 0 bridgehead atoms. The Morgan fingerprint density at radius 2 is 1.79 bits per heavy atom. The van der Waals surface area contributed by atoms with Crippen molar-refractivity contribution in [1.29, 1.82) is 0 Å². The molecule has 0 atom stereocenters. The third kappa shape index (κ3) is 3.99. The lowest BCUT2D eigenvalue weighted by molar-refractivity contribution is 0.173. The Morgan fingerprint density at radius 3 is 2.46 bits per heavy atom. The van der Waals surface area contributed by atoms with E-state index in [2.05, 4.69) is 6.92 Å². The van der Waals surface area contributed by atoms with Crippen molar-refractivity contribution in [3.63, 3.8) is 0 Å². The van der Waals surface area contributed by atoms with Crippen LogP contribution in [-0.2, 0) is 0 Å². The highest BCUT2D eigenvalue weighted by Crippen LogP contribution is 2.35. The fraction of sp³-hybridized carbons (Fsp3) is 0.619. The van der Waals surface area contributed by atoms with Gasteiger partial charge in [0, 0.05) is 5.56 Å². The fourth-order valence-electron chi connectivity index (χ4n) is 4.11. The zero-order valence-corrected chi connectivity index (χ0v) is 14.6. The Balaban J connectivity index is 1.57. The van der Waals surface area contributed by atoms with Gasteiger partial charge in [-0.25, -0.2) is 4.39 Å². The summed E-state index contributed by atoms with van der Waals surface area (Å²) in [6.45, 7) is 2.73. The second-order valence-corrected chi connectivity index (χ2v) is 7.35. The molecule has 1 fully saturated rings. The minimum Gasteiger partial charge on any atom is -0.490 e. The van der Waals surface area contributed by atoms with E-state index in [9.17, 15) is 8.78 Å². The lowest BCUT2D eigenvalue weighted by atomic mass is 9.80. The Morgan fingerprint density at radius 1 is 1.04 bits per heavy atom. The van der Waals surface area contributed by atoms with Crippen LogP contribution < -0.4 is 4.74 Å². The molecule has 2 aliphatic rings. The first-order valence-corrected chi connectivity index (χ1v) is 9.49. The fourth-order valence-corrected chi connectivity index (χ4v) is 4.11. The van der Waals surface area contributed by atoms with E-state index in [-0.39, 0.29) is 5.75 Å². The minimum absolute atomic E-state index is 0.0607. The Kier molecular flexibility index (Phi) is 5.91. The summed E-state index contributed by atoms with van der Waals surface area (Å²) in [5, 5.41) is 0. The van der Waals surface area contributed by atoms with Crippen molar-refractivity contribution < 1.29 is 13.5 Å². The molecule has 0 heterocycles. The molecule has 132 valence electrons. The van der Waals surface area contributed by atoms with E-state index >= 15 is 0 Å². The third-order valence-electron chi connectivity index (χ3n) is 5.57. The summed E-state index contributed by atoms with van der Waals surface area (Å²) in [5.41, 5.74) is 1.32. The highest BCUT2D eigenvalue weighted by Gasteiger charge is 2.23. The molecule has 0 unspecified atom stereocenters. The SMILES string of the molecule is CCCC1CCC(COc2ccc(C3=CCCC3)c(F)c2F)CC1. The number of hydrogen-bond donors (Lipinski definition) is 0. The van der Waals surface area contributed by atoms with Gasteiger partial charge >= 0.3 is 0 Å². The van der Waals surface area contributed by atoms with E-state index in [0.717, 1.165) is 43.6 Å². The normalized spacial score (nSPS) is 24.0.